The third-order valence-corrected chi connectivity index (χ3v) is 6.64. The second-order valence-corrected chi connectivity index (χ2v) is 8.51. The van der Waals surface area contributed by atoms with E-state index >= 15 is 0 Å². The van der Waals surface area contributed by atoms with Gasteiger partial charge in [-0.25, -0.2) is 0 Å². The van der Waals surface area contributed by atoms with Gasteiger partial charge in [-0.05, 0) is 57.4 Å². The van der Waals surface area contributed by atoms with Gasteiger partial charge in [0.25, 0.3) is 5.91 Å². The van der Waals surface area contributed by atoms with Gasteiger partial charge in [-0.3, -0.25) is 14.5 Å². The molecule has 3 unspecified atom stereocenters. The van der Waals surface area contributed by atoms with E-state index < -0.39 is 5.54 Å². The summed E-state index contributed by atoms with van der Waals surface area (Å²) in [4.78, 5) is 28.3. The zero-order chi connectivity index (χ0) is 18.5. The Labute approximate surface area is 155 Å². The summed E-state index contributed by atoms with van der Waals surface area (Å²) in [5, 5.41) is 0. The minimum atomic E-state index is -0.854. The topological polar surface area (TPSA) is 46.6 Å². The van der Waals surface area contributed by atoms with Crippen molar-refractivity contribution in [3.63, 3.8) is 0 Å². The quantitative estimate of drug-likeness (QED) is 0.821. The first-order valence-corrected chi connectivity index (χ1v) is 9.65. The SMILES string of the molecule is CC1=C(c2ccccc2)C(=O)N(C(C)(C)C(=O)C2CC3CCC2C3)CO1. The van der Waals surface area contributed by atoms with Crippen LogP contribution in [-0.2, 0) is 14.3 Å². The van der Waals surface area contributed by atoms with Crippen LogP contribution in [0.3, 0.4) is 0 Å². The number of nitrogens with zero attached hydrogens (tertiary/aromatic N) is 1. The Morgan fingerprint density at radius 1 is 1.15 bits per heavy atom. The highest BCUT2D eigenvalue weighted by Gasteiger charge is 2.50. The van der Waals surface area contributed by atoms with Crippen LogP contribution in [0.5, 0.6) is 0 Å². The van der Waals surface area contributed by atoms with Crippen LogP contribution in [0.4, 0.5) is 0 Å². The number of hydrogen-bond donors (Lipinski definition) is 0. The smallest absolute Gasteiger partial charge is 0.261 e. The first-order valence-electron chi connectivity index (χ1n) is 9.65. The average molecular weight is 353 g/mol. The van der Waals surface area contributed by atoms with Crippen LogP contribution in [0.25, 0.3) is 5.57 Å². The van der Waals surface area contributed by atoms with E-state index in [1.165, 1.54) is 12.8 Å². The number of hydrogen-bond acceptors (Lipinski definition) is 3. The van der Waals surface area contributed by atoms with Crippen LogP contribution in [0.2, 0.25) is 0 Å². The normalized spacial score (nSPS) is 28.5. The molecule has 4 heteroatoms. The molecule has 3 aliphatic rings. The summed E-state index contributed by atoms with van der Waals surface area (Å²) in [6.45, 7) is 5.72. The molecule has 0 saturated heterocycles. The molecule has 2 aliphatic carbocycles. The van der Waals surface area contributed by atoms with E-state index in [0.717, 1.165) is 18.4 Å². The third kappa shape index (κ3) is 2.67. The molecule has 0 spiro atoms. The summed E-state index contributed by atoms with van der Waals surface area (Å²) >= 11 is 0. The molecule has 0 radical (unpaired) electrons. The van der Waals surface area contributed by atoms with Gasteiger partial charge in [0.1, 0.15) is 5.76 Å². The van der Waals surface area contributed by atoms with Gasteiger partial charge < -0.3 is 4.74 Å². The van der Waals surface area contributed by atoms with Gasteiger partial charge in [-0.2, -0.15) is 0 Å². The van der Waals surface area contributed by atoms with Crippen molar-refractivity contribution >= 4 is 17.3 Å². The van der Waals surface area contributed by atoms with E-state index in [9.17, 15) is 9.59 Å². The van der Waals surface area contributed by atoms with Crippen LogP contribution in [0, 0.1) is 17.8 Å². The van der Waals surface area contributed by atoms with Gasteiger partial charge in [0, 0.05) is 5.92 Å². The summed E-state index contributed by atoms with van der Waals surface area (Å²) in [5.74, 6) is 2.04. The fourth-order valence-corrected chi connectivity index (χ4v) is 5.08. The maximum absolute atomic E-state index is 13.4. The average Bonchev–Trinajstić information content (AvgIpc) is 3.25. The lowest BCUT2D eigenvalue weighted by Gasteiger charge is -2.42. The molecule has 0 N–H and O–H groups in total. The van der Waals surface area contributed by atoms with Gasteiger partial charge in [0.05, 0.1) is 11.1 Å². The first kappa shape index (κ1) is 17.3. The predicted molar refractivity (Wildman–Crippen MR) is 99.9 cm³/mol. The summed E-state index contributed by atoms with van der Waals surface area (Å²) in [6, 6.07) is 9.57. The minimum Gasteiger partial charge on any atom is -0.477 e. The van der Waals surface area contributed by atoms with Crippen molar-refractivity contribution in [1.29, 1.82) is 0 Å². The Balaban J connectivity index is 1.61. The predicted octanol–water partition coefficient (Wildman–Crippen LogP) is 4.02. The number of Topliss-reactive ketones (excluding diaryl/α,β-unsaturated/α-hetero) is 1. The molecule has 1 heterocycles. The summed E-state index contributed by atoms with van der Waals surface area (Å²) < 4.78 is 5.82. The molecular formula is C22H27NO3. The van der Waals surface area contributed by atoms with Crippen LogP contribution < -0.4 is 0 Å². The molecular weight excluding hydrogens is 326 g/mol. The molecule has 2 saturated carbocycles. The Morgan fingerprint density at radius 2 is 1.88 bits per heavy atom. The van der Waals surface area contributed by atoms with Gasteiger partial charge in [-0.15, -0.1) is 0 Å². The van der Waals surface area contributed by atoms with Crippen LogP contribution in [-0.4, -0.2) is 28.9 Å². The van der Waals surface area contributed by atoms with Crippen LogP contribution in [0.1, 0.15) is 52.0 Å². The maximum Gasteiger partial charge on any atom is 0.261 e. The Hall–Kier alpha value is -2.10. The van der Waals surface area contributed by atoms with Crippen molar-refractivity contribution in [2.45, 2.75) is 52.0 Å². The molecule has 3 atom stereocenters. The summed E-state index contributed by atoms with van der Waals surface area (Å²) in [6.07, 6.45) is 4.61. The second-order valence-electron chi connectivity index (χ2n) is 8.51. The van der Waals surface area contributed by atoms with Gasteiger partial charge in [0.2, 0.25) is 0 Å². The standard InChI is InChI=1S/C22H27NO3/c1-14-19(16-7-5-4-6-8-16)21(25)23(13-26-14)22(2,3)20(24)18-12-15-9-10-17(18)11-15/h4-8,15,17-18H,9-13H2,1-3H3. The van der Waals surface area contributed by atoms with Crippen molar-refractivity contribution in [1.82, 2.24) is 4.90 Å². The van der Waals surface area contributed by atoms with Crippen molar-refractivity contribution < 1.29 is 14.3 Å². The van der Waals surface area contributed by atoms with Crippen molar-refractivity contribution in [3.05, 3.63) is 41.7 Å². The molecule has 4 rings (SSSR count). The van der Waals surface area contributed by atoms with E-state index in [-0.39, 0.29) is 24.3 Å². The van der Waals surface area contributed by atoms with Gasteiger partial charge in [0.15, 0.2) is 12.5 Å². The lowest BCUT2D eigenvalue weighted by Crippen LogP contribution is -2.57. The van der Waals surface area contributed by atoms with Crippen LogP contribution in [0.15, 0.2) is 36.1 Å². The van der Waals surface area contributed by atoms with E-state index in [0.29, 0.717) is 23.2 Å². The second kappa shape index (κ2) is 6.26. The monoisotopic (exact) mass is 353 g/mol. The Morgan fingerprint density at radius 3 is 2.50 bits per heavy atom. The zero-order valence-electron chi connectivity index (χ0n) is 15.8. The molecule has 1 aromatic carbocycles. The lowest BCUT2D eigenvalue weighted by molar-refractivity contribution is -0.151. The molecule has 138 valence electrons. The van der Waals surface area contributed by atoms with Crippen molar-refractivity contribution in [2.75, 3.05) is 6.73 Å². The van der Waals surface area contributed by atoms with E-state index in [1.54, 1.807) is 4.90 Å². The highest BCUT2D eigenvalue weighted by atomic mass is 16.5. The largest absolute Gasteiger partial charge is 0.477 e. The highest BCUT2D eigenvalue weighted by Crippen LogP contribution is 2.50. The number of ketones is 1. The number of carbonyl (C=O) groups is 2. The number of carbonyl (C=O) groups excluding carboxylic acids is 2. The maximum atomic E-state index is 13.4. The highest BCUT2D eigenvalue weighted by molar-refractivity contribution is 6.21. The summed E-state index contributed by atoms with van der Waals surface area (Å²) in [7, 11) is 0. The van der Waals surface area contributed by atoms with Crippen molar-refractivity contribution in [3.8, 4) is 0 Å². The fourth-order valence-electron chi connectivity index (χ4n) is 5.08. The molecule has 1 aromatic rings. The molecule has 26 heavy (non-hydrogen) atoms. The van der Waals surface area contributed by atoms with E-state index in [1.807, 2.05) is 51.1 Å². The third-order valence-electron chi connectivity index (χ3n) is 6.64. The number of fused-ring (bicyclic) bond motifs is 2. The van der Waals surface area contributed by atoms with E-state index in [2.05, 4.69) is 0 Å². The molecule has 1 amide bonds. The van der Waals surface area contributed by atoms with Crippen LogP contribution >= 0.6 is 0 Å². The zero-order valence-corrected chi connectivity index (χ0v) is 15.8. The number of benzene rings is 1. The summed E-state index contributed by atoms with van der Waals surface area (Å²) in [5.41, 5.74) is 0.543. The number of allylic oxidation sites excluding steroid dienone is 1. The fraction of sp³-hybridized carbons (Fsp3) is 0.545. The number of ether oxygens (including phenoxy) is 1. The molecule has 4 nitrogen and oxygen atoms in total. The van der Waals surface area contributed by atoms with Gasteiger partial charge >= 0.3 is 0 Å². The number of amides is 1. The molecule has 1 aliphatic heterocycles. The van der Waals surface area contributed by atoms with Gasteiger partial charge in [-0.1, -0.05) is 36.8 Å². The Kier molecular flexibility index (Phi) is 4.17. The molecule has 2 fully saturated rings. The molecule has 2 bridgehead atoms. The first-order chi connectivity index (χ1) is 12.4. The lowest BCUT2D eigenvalue weighted by atomic mass is 9.78. The van der Waals surface area contributed by atoms with E-state index in [4.69, 9.17) is 4.74 Å². The number of rotatable bonds is 4. The molecule has 0 aromatic heterocycles. The minimum absolute atomic E-state index is 0.101. The Bertz CT molecular complexity index is 765. The van der Waals surface area contributed by atoms with Crippen molar-refractivity contribution in [2.24, 2.45) is 17.8 Å².